The summed E-state index contributed by atoms with van der Waals surface area (Å²) in [5.41, 5.74) is 2.10. The van der Waals surface area contributed by atoms with Crippen molar-refractivity contribution in [1.29, 1.82) is 0 Å². The highest BCUT2D eigenvalue weighted by atomic mass is 16.2. The van der Waals surface area contributed by atoms with Gasteiger partial charge in [-0.05, 0) is 12.1 Å². The molecule has 0 aliphatic rings. The Hall–Kier alpha value is -2.17. The number of aromatic nitrogens is 3. The fourth-order valence-corrected chi connectivity index (χ4v) is 1.59. The first-order valence-electron chi connectivity index (χ1n) is 5.25. The van der Waals surface area contributed by atoms with Gasteiger partial charge in [-0.25, -0.2) is 0 Å². The molecule has 0 fully saturated rings. The Balaban J connectivity index is 2.51. The van der Waals surface area contributed by atoms with Crippen LogP contribution in [0.2, 0.25) is 0 Å². The summed E-state index contributed by atoms with van der Waals surface area (Å²) in [6, 6.07) is 3.54. The van der Waals surface area contributed by atoms with Gasteiger partial charge in [0.15, 0.2) is 0 Å². The van der Waals surface area contributed by atoms with Gasteiger partial charge in [0.25, 0.3) is 5.91 Å². The van der Waals surface area contributed by atoms with Crippen LogP contribution in [0.25, 0.3) is 11.3 Å². The first kappa shape index (κ1) is 11.3. The molecule has 0 N–H and O–H groups in total. The molecule has 0 aliphatic heterocycles. The number of aryl methyl sites for hydroxylation is 1. The van der Waals surface area contributed by atoms with Crippen LogP contribution in [-0.4, -0.2) is 39.7 Å². The Kier molecular flexibility index (Phi) is 2.91. The van der Waals surface area contributed by atoms with Crippen molar-refractivity contribution < 1.29 is 4.79 Å². The van der Waals surface area contributed by atoms with Gasteiger partial charge in [0, 0.05) is 39.1 Å². The number of rotatable bonds is 2. The molecule has 0 aromatic carbocycles. The second kappa shape index (κ2) is 4.37. The number of hydrogen-bond donors (Lipinski definition) is 0. The van der Waals surface area contributed by atoms with Crippen molar-refractivity contribution in [2.75, 3.05) is 14.1 Å². The van der Waals surface area contributed by atoms with E-state index >= 15 is 0 Å². The number of amides is 1. The van der Waals surface area contributed by atoms with Crippen LogP contribution in [0.15, 0.2) is 30.7 Å². The molecule has 5 heteroatoms. The van der Waals surface area contributed by atoms with Crippen LogP contribution in [0.1, 0.15) is 10.4 Å². The summed E-state index contributed by atoms with van der Waals surface area (Å²) in [6.45, 7) is 0. The topological polar surface area (TPSA) is 51.0 Å². The summed E-state index contributed by atoms with van der Waals surface area (Å²) in [4.78, 5) is 17.8. The van der Waals surface area contributed by atoms with E-state index in [9.17, 15) is 4.79 Å². The average Bonchev–Trinajstić information content (AvgIpc) is 2.74. The average molecular weight is 230 g/mol. The van der Waals surface area contributed by atoms with Crippen LogP contribution in [0.3, 0.4) is 0 Å². The minimum Gasteiger partial charge on any atom is -0.345 e. The molecule has 0 aliphatic carbocycles. The number of carbonyl (C=O) groups excluding carboxylic acids is 1. The maximum atomic E-state index is 12.0. The molecule has 0 radical (unpaired) electrons. The molecule has 0 saturated carbocycles. The Labute approximate surface area is 99.7 Å². The van der Waals surface area contributed by atoms with Gasteiger partial charge in [-0.3, -0.25) is 14.5 Å². The minimum absolute atomic E-state index is 0.0584. The van der Waals surface area contributed by atoms with Crippen LogP contribution < -0.4 is 0 Å². The molecule has 1 amide bonds. The quantitative estimate of drug-likeness (QED) is 0.778. The maximum Gasteiger partial charge on any atom is 0.255 e. The Morgan fingerprint density at radius 2 is 2.18 bits per heavy atom. The van der Waals surface area contributed by atoms with Gasteiger partial charge in [0.05, 0.1) is 17.5 Å². The zero-order chi connectivity index (χ0) is 12.4. The standard InChI is InChI=1S/C12H14N4O/c1-15(2)12(17)10-5-4-6-13-11(10)9-7-14-16(3)8-9/h4-8H,1-3H3. The van der Waals surface area contributed by atoms with Gasteiger partial charge in [-0.15, -0.1) is 0 Å². The summed E-state index contributed by atoms with van der Waals surface area (Å²) in [5.74, 6) is -0.0584. The van der Waals surface area contributed by atoms with Crippen LogP contribution in [-0.2, 0) is 7.05 Å². The van der Waals surface area contributed by atoms with Gasteiger partial charge in [-0.2, -0.15) is 5.10 Å². The Morgan fingerprint density at radius 3 is 2.76 bits per heavy atom. The number of carbonyl (C=O) groups is 1. The zero-order valence-electron chi connectivity index (χ0n) is 10.1. The lowest BCUT2D eigenvalue weighted by molar-refractivity contribution is 0.0828. The van der Waals surface area contributed by atoms with Crippen LogP contribution >= 0.6 is 0 Å². The first-order chi connectivity index (χ1) is 8.09. The lowest BCUT2D eigenvalue weighted by Gasteiger charge is -2.12. The summed E-state index contributed by atoms with van der Waals surface area (Å²) in [7, 11) is 5.28. The third kappa shape index (κ3) is 2.18. The normalized spacial score (nSPS) is 10.3. The van der Waals surface area contributed by atoms with E-state index in [1.807, 2.05) is 13.2 Å². The summed E-state index contributed by atoms with van der Waals surface area (Å²) in [6.07, 6.45) is 5.22. The Morgan fingerprint density at radius 1 is 1.41 bits per heavy atom. The molecule has 0 spiro atoms. The fraction of sp³-hybridized carbons (Fsp3) is 0.250. The monoisotopic (exact) mass is 230 g/mol. The van der Waals surface area contributed by atoms with Crippen LogP contribution in [0.5, 0.6) is 0 Å². The molecule has 88 valence electrons. The van der Waals surface area contributed by atoms with Crippen molar-refractivity contribution in [3.8, 4) is 11.3 Å². The predicted molar refractivity (Wildman–Crippen MR) is 64.5 cm³/mol. The van der Waals surface area contributed by atoms with E-state index in [-0.39, 0.29) is 5.91 Å². The van der Waals surface area contributed by atoms with Gasteiger partial charge >= 0.3 is 0 Å². The molecule has 2 aromatic heterocycles. The highest BCUT2D eigenvalue weighted by Crippen LogP contribution is 2.20. The minimum atomic E-state index is -0.0584. The Bertz CT molecular complexity index is 545. The molecule has 2 heterocycles. The third-order valence-corrected chi connectivity index (χ3v) is 2.42. The van der Waals surface area contributed by atoms with E-state index in [4.69, 9.17) is 0 Å². The molecule has 5 nitrogen and oxygen atoms in total. The van der Waals surface area contributed by atoms with Crippen molar-refractivity contribution in [2.45, 2.75) is 0 Å². The van der Waals surface area contributed by atoms with Crippen LogP contribution in [0, 0.1) is 0 Å². The second-order valence-corrected chi connectivity index (χ2v) is 4.00. The van der Waals surface area contributed by atoms with Crippen LogP contribution in [0.4, 0.5) is 0 Å². The van der Waals surface area contributed by atoms with E-state index in [1.165, 1.54) is 4.90 Å². The molecular weight excluding hydrogens is 216 g/mol. The van der Waals surface area contributed by atoms with E-state index < -0.39 is 0 Å². The van der Waals surface area contributed by atoms with E-state index in [1.54, 1.807) is 43.3 Å². The highest BCUT2D eigenvalue weighted by Gasteiger charge is 2.15. The molecule has 2 rings (SSSR count). The van der Waals surface area contributed by atoms with Crippen molar-refractivity contribution in [3.05, 3.63) is 36.3 Å². The van der Waals surface area contributed by atoms with Crippen molar-refractivity contribution >= 4 is 5.91 Å². The van der Waals surface area contributed by atoms with E-state index in [0.717, 1.165) is 5.56 Å². The highest BCUT2D eigenvalue weighted by molar-refractivity contribution is 5.99. The lowest BCUT2D eigenvalue weighted by Crippen LogP contribution is -2.22. The third-order valence-electron chi connectivity index (χ3n) is 2.42. The SMILES string of the molecule is CN(C)C(=O)c1cccnc1-c1cnn(C)c1. The largest absolute Gasteiger partial charge is 0.345 e. The lowest BCUT2D eigenvalue weighted by atomic mass is 10.1. The van der Waals surface area contributed by atoms with Gasteiger partial charge < -0.3 is 4.90 Å². The van der Waals surface area contributed by atoms with E-state index in [0.29, 0.717) is 11.3 Å². The van der Waals surface area contributed by atoms with Crippen molar-refractivity contribution in [1.82, 2.24) is 19.7 Å². The van der Waals surface area contributed by atoms with Gasteiger partial charge in [0.2, 0.25) is 0 Å². The molecule has 0 atom stereocenters. The summed E-state index contributed by atoms with van der Waals surface area (Å²) < 4.78 is 1.69. The van der Waals surface area contributed by atoms with Gasteiger partial charge in [0.1, 0.15) is 0 Å². The smallest absolute Gasteiger partial charge is 0.255 e. The first-order valence-corrected chi connectivity index (χ1v) is 5.25. The number of nitrogens with zero attached hydrogens (tertiary/aromatic N) is 4. The molecular formula is C12H14N4O. The van der Waals surface area contributed by atoms with Crippen molar-refractivity contribution in [2.24, 2.45) is 7.05 Å². The van der Waals surface area contributed by atoms with Gasteiger partial charge in [-0.1, -0.05) is 0 Å². The molecule has 0 saturated heterocycles. The molecule has 0 unspecified atom stereocenters. The predicted octanol–water partition coefficient (Wildman–Crippen LogP) is 1.18. The zero-order valence-corrected chi connectivity index (χ0v) is 10.1. The number of pyridine rings is 1. The maximum absolute atomic E-state index is 12.0. The molecule has 17 heavy (non-hydrogen) atoms. The van der Waals surface area contributed by atoms with Crippen molar-refractivity contribution in [3.63, 3.8) is 0 Å². The summed E-state index contributed by atoms with van der Waals surface area (Å²) >= 11 is 0. The molecule has 0 bridgehead atoms. The molecule has 2 aromatic rings. The summed E-state index contributed by atoms with van der Waals surface area (Å²) in [5, 5.41) is 4.09. The van der Waals surface area contributed by atoms with E-state index in [2.05, 4.69) is 10.1 Å². The fourth-order valence-electron chi connectivity index (χ4n) is 1.59. The second-order valence-electron chi connectivity index (χ2n) is 4.00. The number of hydrogen-bond acceptors (Lipinski definition) is 3.